The van der Waals surface area contributed by atoms with E-state index in [4.69, 9.17) is 24.7 Å². The largest absolute Gasteiger partial charge is 0.496 e. The highest BCUT2D eigenvalue weighted by Gasteiger charge is 2.29. The molecule has 0 radical (unpaired) electrons. The minimum atomic E-state index is -0.508. The molecule has 0 fully saturated rings. The Bertz CT molecular complexity index is 2070. The van der Waals surface area contributed by atoms with Crippen molar-refractivity contribution in [1.82, 2.24) is 15.1 Å². The highest BCUT2D eigenvalue weighted by molar-refractivity contribution is 6.19. The number of nitrogens with zero attached hydrogens (tertiary/aromatic N) is 3. The average Bonchev–Trinajstić information content (AvgIpc) is 3.38. The van der Waals surface area contributed by atoms with Crippen LogP contribution in [-0.2, 0) is 0 Å². The number of fused-ring (bicyclic) bond motifs is 2. The molecule has 9 heteroatoms. The average molecular weight is 568 g/mol. The van der Waals surface area contributed by atoms with Gasteiger partial charge in [-0.05, 0) is 42.8 Å². The number of aromatic nitrogens is 3. The molecule has 9 nitrogen and oxygen atoms in total. The maximum absolute atomic E-state index is 14.0. The molecule has 0 atom stereocenters. The number of carbonyl (C=O) groups excluding carboxylic acids is 1. The van der Waals surface area contributed by atoms with Crippen molar-refractivity contribution in [2.75, 3.05) is 18.2 Å². The molecule has 1 amide bonds. The first-order chi connectivity index (χ1) is 21.0. The molecular weight excluding hydrogens is 542 g/mol. The highest BCUT2D eigenvalue weighted by Crippen LogP contribution is 2.48. The number of nitrogens with two attached hydrogens (primary N) is 1. The summed E-state index contributed by atoms with van der Waals surface area (Å²) < 4.78 is 17.3. The van der Waals surface area contributed by atoms with E-state index in [0.717, 1.165) is 22.3 Å². The molecular formula is C34H25N5O4. The van der Waals surface area contributed by atoms with E-state index in [-0.39, 0.29) is 17.3 Å². The topological polar surface area (TPSA) is 125 Å². The van der Waals surface area contributed by atoms with E-state index < -0.39 is 5.91 Å². The molecule has 0 spiro atoms. The third-order valence-corrected chi connectivity index (χ3v) is 7.30. The van der Waals surface area contributed by atoms with Gasteiger partial charge in [-0.15, -0.1) is 0 Å². The smallest absolute Gasteiger partial charge is 0.261 e. The molecule has 3 aromatic heterocycles. The Morgan fingerprint density at radius 3 is 2.47 bits per heavy atom. The van der Waals surface area contributed by atoms with Crippen LogP contribution in [0.2, 0.25) is 0 Å². The van der Waals surface area contributed by atoms with Crippen LogP contribution < -0.4 is 20.5 Å². The molecule has 1 aliphatic rings. The van der Waals surface area contributed by atoms with E-state index >= 15 is 0 Å². The van der Waals surface area contributed by atoms with Gasteiger partial charge in [0.25, 0.3) is 5.91 Å². The predicted molar refractivity (Wildman–Crippen MR) is 166 cm³/mol. The second kappa shape index (κ2) is 10.5. The number of carbonyl (C=O) groups is 1. The second-order valence-electron chi connectivity index (χ2n) is 9.96. The number of benzene rings is 3. The van der Waals surface area contributed by atoms with Crippen molar-refractivity contribution in [3.05, 3.63) is 108 Å². The van der Waals surface area contributed by atoms with Crippen LogP contribution in [0.15, 0.2) is 89.5 Å². The summed E-state index contributed by atoms with van der Waals surface area (Å²) in [5.74, 6) is 1.42. The summed E-state index contributed by atoms with van der Waals surface area (Å²) in [5.41, 5.74) is 11.9. The van der Waals surface area contributed by atoms with Crippen LogP contribution in [-0.4, -0.2) is 28.1 Å². The Morgan fingerprint density at radius 2 is 1.65 bits per heavy atom. The van der Waals surface area contributed by atoms with Gasteiger partial charge in [-0.1, -0.05) is 71.9 Å². The van der Waals surface area contributed by atoms with Crippen LogP contribution in [0.5, 0.6) is 17.4 Å². The first-order valence-electron chi connectivity index (χ1n) is 13.6. The Hall–Kier alpha value is -5.96. The zero-order valence-electron chi connectivity index (χ0n) is 23.3. The van der Waals surface area contributed by atoms with Crippen molar-refractivity contribution in [1.29, 1.82) is 0 Å². The van der Waals surface area contributed by atoms with Gasteiger partial charge in [0.1, 0.15) is 34.3 Å². The van der Waals surface area contributed by atoms with Gasteiger partial charge >= 0.3 is 0 Å². The lowest BCUT2D eigenvalue weighted by atomic mass is 9.95. The molecule has 1 aliphatic heterocycles. The zero-order chi connectivity index (χ0) is 29.5. The molecule has 4 heterocycles. The molecule has 3 N–H and O–H groups in total. The number of nitrogen functional groups attached to an aromatic ring is 1. The number of anilines is 2. The van der Waals surface area contributed by atoms with Crippen molar-refractivity contribution < 1.29 is 18.8 Å². The summed E-state index contributed by atoms with van der Waals surface area (Å²) in [6.07, 6.45) is 3.64. The summed E-state index contributed by atoms with van der Waals surface area (Å²) in [4.78, 5) is 23.5. The van der Waals surface area contributed by atoms with E-state index in [9.17, 15) is 4.79 Å². The molecule has 0 bridgehead atoms. The first kappa shape index (κ1) is 26.0. The number of rotatable bonds is 6. The van der Waals surface area contributed by atoms with E-state index in [1.54, 1.807) is 20.1 Å². The van der Waals surface area contributed by atoms with Gasteiger partial charge in [-0.25, -0.2) is 4.98 Å². The highest BCUT2D eigenvalue weighted by atomic mass is 16.5. The van der Waals surface area contributed by atoms with E-state index in [1.807, 2.05) is 91.0 Å². The number of amides is 1. The summed E-state index contributed by atoms with van der Waals surface area (Å²) in [7, 11) is 1.61. The molecule has 0 aliphatic carbocycles. The lowest BCUT2D eigenvalue weighted by molar-refractivity contribution is 0.102. The standard InChI is InChI=1S/C34H25N5O4/c1-19-30(27(43-39-19)17-16-20-10-4-3-5-11-20)37-33(40)29-31-28-23(18-24(36-31)22-13-7-8-14-25(22)41-2)21-12-6-9-15-26(21)42-34(28)38-32(29)35/h3-18H,1-2H3,(H2,35,38)(H,37,40)/b17-16+. The number of nitrogens with one attached hydrogen (secondary N) is 1. The van der Waals surface area contributed by atoms with Crippen LogP contribution in [0.25, 0.3) is 45.4 Å². The summed E-state index contributed by atoms with van der Waals surface area (Å²) in [6, 6.07) is 26.9. The molecule has 6 aromatic rings. The van der Waals surface area contributed by atoms with Gasteiger partial charge in [0.15, 0.2) is 5.76 Å². The lowest BCUT2D eigenvalue weighted by Crippen LogP contribution is -2.18. The van der Waals surface area contributed by atoms with Crippen molar-refractivity contribution in [3.8, 4) is 39.8 Å². The summed E-state index contributed by atoms with van der Waals surface area (Å²) in [5, 5.41) is 7.61. The molecule has 0 unspecified atom stereocenters. The molecule has 3 aromatic carbocycles. The van der Waals surface area contributed by atoms with Gasteiger partial charge in [-0.3, -0.25) is 4.79 Å². The number of aryl methyl sites for hydroxylation is 1. The molecule has 0 saturated heterocycles. The molecule has 43 heavy (non-hydrogen) atoms. The SMILES string of the molecule is COc1ccccc1-c1cc2c3c(nc(N)c(C(=O)Nc4c(C)noc4/C=C/c4ccccc4)c3n1)Oc1ccccc1-2. The van der Waals surface area contributed by atoms with Crippen LogP contribution >= 0.6 is 0 Å². The third-order valence-electron chi connectivity index (χ3n) is 7.30. The maximum Gasteiger partial charge on any atom is 0.261 e. The normalized spacial score (nSPS) is 11.8. The van der Waals surface area contributed by atoms with Crippen LogP contribution in [0.4, 0.5) is 11.5 Å². The monoisotopic (exact) mass is 567 g/mol. The number of hydrogen-bond acceptors (Lipinski definition) is 8. The van der Waals surface area contributed by atoms with Gasteiger partial charge in [-0.2, -0.15) is 4.98 Å². The van der Waals surface area contributed by atoms with Crippen molar-refractivity contribution in [2.45, 2.75) is 6.92 Å². The van der Waals surface area contributed by atoms with Gasteiger partial charge < -0.3 is 25.0 Å². The first-order valence-corrected chi connectivity index (χ1v) is 13.6. The van der Waals surface area contributed by atoms with Gasteiger partial charge in [0.05, 0.1) is 23.7 Å². The Kier molecular flexibility index (Phi) is 6.32. The number of hydrogen-bond donors (Lipinski definition) is 2. The fourth-order valence-corrected chi connectivity index (χ4v) is 5.24. The quantitative estimate of drug-likeness (QED) is 0.213. The number of para-hydroxylation sites is 2. The van der Waals surface area contributed by atoms with Crippen molar-refractivity contribution in [3.63, 3.8) is 0 Å². The van der Waals surface area contributed by atoms with Crippen LogP contribution in [0, 0.1) is 6.92 Å². The number of pyridine rings is 2. The summed E-state index contributed by atoms with van der Waals surface area (Å²) in [6.45, 7) is 1.75. The Morgan fingerprint density at radius 1 is 0.907 bits per heavy atom. The Labute approximate surface area is 246 Å². The van der Waals surface area contributed by atoms with E-state index in [2.05, 4.69) is 15.5 Å². The minimum absolute atomic E-state index is 0.0227. The van der Waals surface area contributed by atoms with E-state index in [1.165, 1.54) is 0 Å². The third kappa shape index (κ3) is 4.53. The fourth-order valence-electron chi connectivity index (χ4n) is 5.24. The zero-order valence-corrected chi connectivity index (χ0v) is 23.3. The number of methoxy groups -OCH3 is 1. The molecule has 210 valence electrons. The second-order valence-corrected chi connectivity index (χ2v) is 9.96. The minimum Gasteiger partial charge on any atom is -0.496 e. The summed E-state index contributed by atoms with van der Waals surface area (Å²) >= 11 is 0. The van der Waals surface area contributed by atoms with Gasteiger partial charge in [0, 0.05) is 16.7 Å². The van der Waals surface area contributed by atoms with Crippen LogP contribution in [0.3, 0.4) is 0 Å². The van der Waals surface area contributed by atoms with Crippen LogP contribution in [0.1, 0.15) is 27.4 Å². The maximum atomic E-state index is 14.0. The van der Waals surface area contributed by atoms with Crippen molar-refractivity contribution in [2.24, 2.45) is 0 Å². The van der Waals surface area contributed by atoms with Crippen molar-refractivity contribution >= 4 is 40.5 Å². The van der Waals surface area contributed by atoms with E-state index in [0.29, 0.717) is 45.2 Å². The Balaban J connectivity index is 1.39. The fraction of sp³-hybridized carbons (Fsp3) is 0.0588. The predicted octanol–water partition coefficient (Wildman–Crippen LogP) is 7.38. The van der Waals surface area contributed by atoms with Gasteiger partial charge in [0.2, 0.25) is 5.88 Å². The lowest BCUT2D eigenvalue weighted by Gasteiger charge is -2.23. The number of ether oxygens (including phenoxy) is 2. The molecule has 0 saturated carbocycles. The molecule has 7 rings (SSSR count).